The van der Waals surface area contributed by atoms with Crippen LogP contribution in [0, 0.1) is 17.8 Å². The highest BCUT2D eigenvalue weighted by molar-refractivity contribution is 6.17. The van der Waals surface area contributed by atoms with Gasteiger partial charge in [-0.15, -0.1) is 0 Å². The highest BCUT2D eigenvalue weighted by atomic mass is 16.6. The third-order valence-electron chi connectivity index (χ3n) is 8.03. The number of anilines is 1. The minimum Gasteiger partial charge on any atom is -0.508 e. The van der Waals surface area contributed by atoms with Crippen molar-refractivity contribution in [1.82, 2.24) is 0 Å². The summed E-state index contributed by atoms with van der Waals surface area (Å²) in [6.07, 6.45) is 0.0497. The number of carbonyl (C=O) groups is 3. The standard InChI is InChI=1S/C27H29N3O9/c1-30(2)16-9-15(18-5-4-13(39-18)10-29-38-3)22(32)20-14(16)7-11-6-12-8-17(31)21(26(28)36)25(35)27(12,37)24(34)19(11)23(20)33/h4-5,9-12,17,21,31-32,34,37H,6-8H2,1-3H3,(H2,28,36)/b29-10+/t11-,12+,17?,21?,27+/m1/s1. The lowest BCUT2D eigenvalue weighted by Crippen LogP contribution is -2.63. The van der Waals surface area contributed by atoms with Crippen molar-refractivity contribution in [1.29, 1.82) is 0 Å². The molecule has 0 bridgehead atoms. The molecule has 0 radical (unpaired) electrons. The van der Waals surface area contributed by atoms with Crippen LogP contribution in [-0.2, 0) is 20.8 Å². The van der Waals surface area contributed by atoms with Crippen LogP contribution in [0.3, 0.4) is 0 Å². The first-order valence-electron chi connectivity index (χ1n) is 12.4. The summed E-state index contributed by atoms with van der Waals surface area (Å²) < 4.78 is 5.75. The van der Waals surface area contributed by atoms with Gasteiger partial charge in [0.2, 0.25) is 5.91 Å². The molecule has 3 aliphatic rings. The van der Waals surface area contributed by atoms with Gasteiger partial charge < -0.3 is 40.3 Å². The van der Waals surface area contributed by atoms with E-state index < -0.39 is 58.4 Å². The van der Waals surface area contributed by atoms with Gasteiger partial charge in [0, 0.05) is 31.3 Å². The number of Topliss-reactive ketones (excluding diaryl/α,β-unsaturated/α-hetero) is 2. The van der Waals surface area contributed by atoms with Gasteiger partial charge in [0.15, 0.2) is 17.2 Å². The molecule has 5 rings (SSSR count). The monoisotopic (exact) mass is 539 g/mol. The lowest BCUT2D eigenvalue weighted by atomic mass is 9.57. The molecule has 1 saturated carbocycles. The van der Waals surface area contributed by atoms with E-state index in [9.17, 15) is 34.8 Å². The molecule has 3 aliphatic carbocycles. The highest BCUT2D eigenvalue weighted by Crippen LogP contribution is 2.53. The second-order valence-corrected chi connectivity index (χ2v) is 10.4. The van der Waals surface area contributed by atoms with Crippen molar-refractivity contribution in [2.24, 2.45) is 28.6 Å². The summed E-state index contributed by atoms with van der Waals surface area (Å²) in [6, 6.07) is 4.89. The number of amides is 1. The molecule has 206 valence electrons. The van der Waals surface area contributed by atoms with Crippen LogP contribution in [-0.4, -0.2) is 77.0 Å². The number of hydrogen-bond acceptors (Lipinski definition) is 11. The van der Waals surface area contributed by atoms with Gasteiger partial charge in [-0.25, -0.2) is 0 Å². The van der Waals surface area contributed by atoms with Crippen molar-refractivity contribution in [3.63, 3.8) is 0 Å². The van der Waals surface area contributed by atoms with Crippen LogP contribution < -0.4 is 10.6 Å². The number of fused-ring (bicyclic) bond motifs is 3. The Morgan fingerprint density at radius 3 is 2.62 bits per heavy atom. The molecule has 5 atom stereocenters. The molecule has 2 aromatic rings. The summed E-state index contributed by atoms with van der Waals surface area (Å²) in [4.78, 5) is 45.5. The molecule has 1 aromatic heterocycles. The Kier molecular flexibility index (Phi) is 6.27. The van der Waals surface area contributed by atoms with E-state index in [2.05, 4.69) is 9.99 Å². The van der Waals surface area contributed by atoms with E-state index in [1.165, 1.54) is 13.3 Å². The fourth-order valence-corrected chi connectivity index (χ4v) is 6.23. The Labute approximate surface area is 223 Å². The number of rotatable bonds is 5. The summed E-state index contributed by atoms with van der Waals surface area (Å²) in [6.45, 7) is 0. The number of carbonyl (C=O) groups excluding carboxylic acids is 3. The molecule has 1 aromatic carbocycles. The van der Waals surface area contributed by atoms with Crippen LogP contribution in [0.25, 0.3) is 11.3 Å². The van der Waals surface area contributed by atoms with Crippen molar-refractivity contribution >= 4 is 29.4 Å². The third kappa shape index (κ3) is 3.81. The average molecular weight is 540 g/mol. The van der Waals surface area contributed by atoms with Crippen LogP contribution in [0.4, 0.5) is 5.69 Å². The summed E-state index contributed by atoms with van der Waals surface area (Å²) in [5, 5.41) is 48.1. The van der Waals surface area contributed by atoms with Gasteiger partial charge in [0.25, 0.3) is 0 Å². The van der Waals surface area contributed by atoms with Crippen LogP contribution in [0.2, 0.25) is 0 Å². The molecule has 1 heterocycles. The molecular formula is C27H29N3O9. The Bertz CT molecular complexity index is 1460. The quantitative estimate of drug-likeness (QED) is 0.208. The van der Waals surface area contributed by atoms with Gasteiger partial charge >= 0.3 is 0 Å². The third-order valence-corrected chi connectivity index (χ3v) is 8.03. The van der Waals surface area contributed by atoms with Gasteiger partial charge in [-0.3, -0.25) is 14.4 Å². The number of nitrogens with zero attached hydrogens (tertiary/aromatic N) is 2. The Balaban J connectivity index is 1.67. The van der Waals surface area contributed by atoms with Crippen LogP contribution in [0.1, 0.15) is 34.5 Å². The van der Waals surface area contributed by atoms with Crippen molar-refractivity contribution in [3.05, 3.63) is 46.4 Å². The van der Waals surface area contributed by atoms with E-state index in [0.29, 0.717) is 17.0 Å². The number of aromatic hydroxyl groups is 1. The summed E-state index contributed by atoms with van der Waals surface area (Å²) in [5.41, 5.74) is 3.81. The maximum absolute atomic E-state index is 14.0. The fourth-order valence-electron chi connectivity index (χ4n) is 6.23. The summed E-state index contributed by atoms with van der Waals surface area (Å²) in [5.74, 6) is -6.99. The van der Waals surface area contributed by atoms with E-state index in [4.69, 9.17) is 10.2 Å². The maximum atomic E-state index is 14.0. The zero-order valence-electron chi connectivity index (χ0n) is 21.5. The number of hydrogen-bond donors (Lipinski definition) is 5. The molecule has 12 heteroatoms. The largest absolute Gasteiger partial charge is 0.508 e. The van der Waals surface area contributed by atoms with E-state index in [-0.39, 0.29) is 41.7 Å². The number of phenols is 1. The molecule has 0 saturated heterocycles. The van der Waals surface area contributed by atoms with E-state index in [1.54, 1.807) is 37.2 Å². The van der Waals surface area contributed by atoms with E-state index in [0.717, 1.165) is 0 Å². The number of nitrogens with two attached hydrogens (primary N) is 1. The first-order chi connectivity index (χ1) is 18.4. The number of oxime groups is 1. The van der Waals surface area contributed by atoms with Gasteiger partial charge in [0.05, 0.1) is 17.2 Å². The minimum atomic E-state index is -2.56. The number of primary amides is 1. The second kappa shape index (κ2) is 9.24. The van der Waals surface area contributed by atoms with Crippen LogP contribution in [0.15, 0.2) is 39.1 Å². The molecule has 2 unspecified atom stereocenters. The first kappa shape index (κ1) is 26.4. The Morgan fingerprint density at radius 1 is 1.26 bits per heavy atom. The smallest absolute Gasteiger partial charge is 0.230 e. The molecule has 0 aliphatic heterocycles. The average Bonchev–Trinajstić information content (AvgIpc) is 3.33. The summed E-state index contributed by atoms with van der Waals surface area (Å²) >= 11 is 0. The number of aliphatic hydroxyl groups is 3. The minimum absolute atomic E-state index is 0.0884. The van der Waals surface area contributed by atoms with E-state index in [1.807, 2.05) is 0 Å². The number of allylic oxidation sites excluding steroid dienone is 1. The normalized spacial score (nSPS) is 28.2. The SMILES string of the molecule is CO/N=C/c1ccc(-c2cc(N(C)C)c3c(c2O)C(=O)C2=C(O)[C@]4(O)C(=O)C(C(N)=O)C(O)C[C@@H]4C[C@@H]2C3)o1. The molecule has 12 nitrogen and oxygen atoms in total. The van der Waals surface area contributed by atoms with Crippen LogP contribution >= 0.6 is 0 Å². The summed E-state index contributed by atoms with van der Waals surface area (Å²) in [7, 11) is 4.94. The first-order valence-corrected chi connectivity index (χ1v) is 12.4. The van der Waals surface area contributed by atoms with Gasteiger partial charge in [0.1, 0.15) is 42.3 Å². The predicted octanol–water partition coefficient (Wildman–Crippen LogP) is 1.05. The molecule has 6 N–H and O–H groups in total. The Morgan fingerprint density at radius 2 is 1.97 bits per heavy atom. The number of ketones is 2. The second-order valence-electron chi connectivity index (χ2n) is 10.4. The molecule has 1 fully saturated rings. The van der Waals surface area contributed by atoms with E-state index >= 15 is 0 Å². The number of benzene rings is 1. The number of aliphatic hydroxyl groups excluding tert-OH is 2. The molecule has 0 spiro atoms. The van der Waals surface area contributed by atoms with Gasteiger partial charge in [-0.05, 0) is 48.9 Å². The van der Waals surface area contributed by atoms with Crippen molar-refractivity contribution in [2.45, 2.75) is 31.0 Å². The lowest BCUT2D eigenvalue weighted by molar-refractivity contribution is -0.167. The zero-order chi connectivity index (χ0) is 28.4. The zero-order valence-corrected chi connectivity index (χ0v) is 21.5. The molecule has 39 heavy (non-hydrogen) atoms. The number of phenolic OH excluding ortho intramolecular Hbond substituents is 1. The maximum Gasteiger partial charge on any atom is 0.230 e. The van der Waals surface area contributed by atoms with Crippen molar-refractivity contribution in [2.75, 3.05) is 26.1 Å². The van der Waals surface area contributed by atoms with Crippen molar-refractivity contribution < 1.29 is 44.1 Å². The topological polar surface area (TPSA) is 196 Å². The number of furan rings is 1. The molecule has 1 amide bonds. The highest BCUT2D eigenvalue weighted by Gasteiger charge is 2.62. The van der Waals surface area contributed by atoms with Gasteiger partial charge in [-0.1, -0.05) is 5.16 Å². The van der Waals surface area contributed by atoms with Gasteiger partial charge in [-0.2, -0.15) is 0 Å². The van der Waals surface area contributed by atoms with Crippen LogP contribution in [0.5, 0.6) is 5.75 Å². The fraction of sp³-hybridized carbons (Fsp3) is 0.407. The predicted molar refractivity (Wildman–Crippen MR) is 137 cm³/mol. The van der Waals surface area contributed by atoms with Crippen molar-refractivity contribution in [3.8, 4) is 17.1 Å². The molecular weight excluding hydrogens is 510 g/mol. The lowest BCUT2D eigenvalue weighted by Gasteiger charge is -2.48. The Hall–Kier alpha value is -4.16.